The summed E-state index contributed by atoms with van der Waals surface area (Å²) in [6.07, 6.45) is 2.61. The summed E-state index contributed by atoms with van der Waals surface area (Å²) in [7, 11) is 0. The first-order valence-electron chi connectivity index (χ1n) is 11.8. The number of hydrogen-bond donors (Lipinski definition) is 3. The van der Waals surface area contributed by atoms with E-state index in [9.17, 15) is 5.11 Å². The molecule has 0 fully saturated rings. The van der Waals surface area contributed by atoms with Gasteiger partial charge in [-0.15, -0.1) is 0 Å². The summed E-state index contributed by atoms with van der Waals surface area (Å²) in [6.45, 7) is 4.36. The molecule has 3 rings (SSSR count). The fourth-order valence-electron chi connectivity index (χ4n) is 4.42. The number of nitrogens with two attached hydrogens (primary N) is 1. The van der Waals surface area contributed by atoms with Crippen molar-refractivity contribution in [3.05, 3.63) is 108 Å². The van der Waals surface area contributed by atoms with Crippen LogP contribution in [0.2, 0.25) is 0 Å². The van der Waals surface area contributed by atoms with Crippen LogP contribution in [-0.2, 0) is 12.8 Å². The van der Waals surface area contributed by atoms with Gasteiger partial charge in [0.05, 0.1) is 6.10 Å². The van der Waals surface area contributed by atoms with E-state index in [0.29, 0.717) is 12.3 Å². The van der Waals surface area contributed by atoms with E-state index in [1.807, 2.05) is 18.2 Å². The molecule has 0 saturated heterocycles. The van der Waals surface area contributed by atoms with Gasteiger partial charge in [0.15, 0.2) is 0 Å². The molecule has 170 valence electrons. The van der Waals surface area contributed by atoms with Crippen LogP contribution in [0, 0.1) is 5.92 Å². The maximum Gasteiger partial charge on any atom is 0.0711 e. The van der Waals surface area contributed by atoms with Crippen molar-refractivity contribution in [2.24, 2.45) is 11.7 Å². The van der Waals surface area contributed by atoms with Crippen LogP contribution in [0.5, 0.6) is 0 Å². The van der Waals surface area contributed by atoms with Crippen molar-refractivity contribution in [2.45, 2.75) is 63.8 Å². The maximum atomic E-state index is 11.3. The summed E-state index contributed by atoms with van der Waals surface area (Å²) in [5.74, 6) is 0.521. The molecule has 1 unspecified atom stereocenters. The molecule has 3 nitrogen and oxygen atoms in total. The number of aliphatic hydroxyl groups is 1. The third kappa shape index (κ3) is 7.90. The Bertz CT molecular complexity index is 883. The smallest absolute Gasteiger partial charge is 0.0711 e. The number of nitrogens with one attached hydrogen (secondary N) is 1. The van der Waals surface area contributed by atoms with Gasteiger partial charge in [-0.1, -0.05) is 105 Å². The molecule has 0 aliphatic rings. The molecule has 0 spiro atoms. The second-order valence-electron chi connectivity index (χ2n) is 9.31. The van der Waals surface area contributed by atoms with Crippen LogP contribution in [0.25, 0.3) is 0 Å². The van der Waals surface area contributed by atoms with E-state index in [1.165, 1.54) is 16.7 Å². The Labute approximate surface area is 193 Å². The molecular weight excluding hydrogens is 392 g/mol. The zero-order chi connectivity index (χ0) is 22.8. The highest BCUT2D eigenvalue weighted by Crippen LogP contribution is 2.22. The Morgan fingerprint density at radius 1 is 0.719 bits per heavy atom. The Balaban J connectivity index is 1.82. The van der Waals surface area contributed by atoms with Gasteiger partial charge in [0.25, 0.3) is 0 Å². The highest BCUT2D eigenvalue weighted by molar-refractivity contribution is 5.24. The lowest BCUT2D eigenvalue weighted by molar-refractivity contribution is 0.102. The van der Waals surface area contributed by atoms with Gasteiger partial charge >= 0.3 is 0 Å². The molecule has 3 aromatic rings. The van der Waals surface area contributed by atoms with Crippen molar-refractivity contribution in [3.8, 4) is 0 Å². The third-order valence-corrected chi connectivity index (χ3v) is 5.98. The monoisotopic (exact) mass is 430 g/mol. The standard InChI is InChI=1S/C29H38N2O/c1-22(2)18-26(30)21-29(32)28(20-24-14-8-4-9-15-24)31-27(25-16-10-5-11-17-25)19-23-12-6-3-7-13-23/h3-17,22,26-29,31-32H,18-21,30H2,1-2H3/t26-,27?,28-,29-/m0/s1. The minimum absolute atomic E-state index is 0.00521. The molecule has 0 saturated carbocycles. The Morgan fingerprint density at radius 2 is 1.22 bits per heavy atom. The average Bonchev–Trinajstić information content (AvgIpc) is 2.79. The molecule has 0 radical (unpaired) electrons. The molecule has 4 atom stereocenters. The average molecular weight is 431 g/mol. The lowest BCUT2D eigenvalue weighted by Crippen LogP contribution is -2.46. The third-order valence-electron chi connectivity index (χ3n) is 5.98. The van der Waals surface area contributed by atoms with Gasteiger partial charge < -0.3 is 16.2 Å². The van der Waals surface area contributed by atoms with Gasteiger partial charge in [0, 0.05) is 18.1 Å². The number of hydrogen-bond acceptors (Lipinski definition) is 3. The molecule has 32 heavy (non-hydrogen) atoms. The van der Waals surface area contributed by atoms with Crippen molar-refractivity contribution in [2.75, 3.05) is 0 Å². The molecule has 0 aromatic heterocycles. The Morgan fingerprint density at radius 3 is 1.75 bits per heavy atom. The molecule has 0 aliphatic carbocycles. The van der Waals surface area contributed by atoms with Gasteiger partial charge in [-0.25, -0.2) is 0 Å². The van der Waals surface area contributed by atoms with Gasteiger partial charge in [0.2, 0.25) is 0 Å². The summed E-state index contributed by atoms with van der Waals surface area (Å²) >= 11 is 0. The minimum atomic E-state index is -0.522. The van der Waals surface area contributed by atoms with E-state index in [0.717, 1.165) is 19.3 Å². The van der Waals surface area contributed by atoms with Gasteiger partial charge in [-0.2, -0.15) is 0 Å². The first kappa shape index (κ1) is 24.2. The number of benzene rings is 3. The molecule has 0 aliphatic heterocycles. The fraction of sp³-hybridized carbons (Fsp3) is 0.379. The Hall–Kier alpha value is -2.46. The lowest BCUT2D eigenvalue weighted by atomic mass is 9.91. The van der Waals surface area contributed by atoms with Gasteiger partial charge in [0.1, 0.15) is 0 Å². The van der Waals surface area contributed by atoms with Crippen molar-refractivity contribution in [1.82, 2.24) is 5.32 Å². The van der Waals surface area contributed by atoms with Crippen molar-refractivity contribution < 1.29 is 5.11 Å². The summed E-state index contributed by atoms with van der Waals surface area (Å²) in [5, 5.41) is 15.1. The Kier molecular flexibility index (Phi) is 9.48. The normalized spacial score (nSPS) is 15.3. The predicted octanol–water partition coefficient (Wildman–Crippen LogP) is 5.30. The zero-order valence-corrected chi connectivity index (χ0v) is 19.4. The van der Waals surface area contributed by atoms with Gasteiger partial charge in [-0.05, 0) is 48.3 Å². The van der Waals surface area contributed by atoms with Crippen LogP contribution in [0.1, 0.15) is 49.4 Å². The van der Waals surface area contributed by atoms with E-state index >= 15 is 0 Å². The highest BCUT2D eigenvalue weighted by Gasteiger charge is 2.26. The van der Waals surface area contributed by atoms with Gasteiger partial charge in [-0.3, -0.25) is 0 Å². The molecule has 0 amide bonds. The quantitative estimate of drug-likeness (QED) is 0.366. The summed E-state index contributed by atoms with van der Waals surface area (Å²) in [4.78, 5) is 0. The maximum absolute atomic E-state index is 11.3. The second-order valence-corrected chi connectivity index (χ2v) is 9.31. The second kappa shape index (κ2) is 12.5. The van der Waals surface area contributed by atoms with Crippen molar-refractivity contribution in [1.29, 1.82) is 0 Å². The molecule has 3 heteroatoms. The fourth-order valence-corrected chi connectivity index (χ4v) is 4.42. The largest absolute Gasteiger partial charge is 0.391 e. The summed E-state index contributed by atoms with van der Waals surface area (Å²) < 4.78 is 0. The van der Waals surface area contributed by atoms with E-state index < -0.39 is 6.10 Å². The van der Waals surface area contributed by atoms with Crippen LogP contribution >= 0.6 is 0 Å². The predicted molar refractivity (Wildman–Crippen MR) is 134 cm³/mol. The molecular formula is C29H38N2O. The van der Waals surface area contributed by atoms with Crippen LogP contribution in [0.4, 0.5) is 0 Å². The molecule has 0 bridgehead atoms. The molecule has 0 heterocycles. The van der Waals surface area contributed by atoms with E-state index in [1.54, 1.807) is 0 Å². The van der Waals surface area contributed by atoms with E-state index in [2.05, 4.69) is 92.0 Å². The van der Waals surface area contributed by atoms with Crippen LogP contribution in [0.3, 0.4) is 0 Å². The van der Waals surface area contributed by atoms with Crippen LogP contribution in [0.15, 0.2) is 91.0 Å². The molecule has 4 N–H and O–H groups in total. The lowest BCUT2D eigenvalue weighted by Gasteiger charge is -2.31. The first-order chi connectivity index (χ1) is 15.5. The highest BCUT2D eigenvalue weighted by atomic mass is 16.3. The van der Waals surface area contributed by atoms with Crippen molar-refractivity contribution in [3.63, 3.8) is 0 Å². The van der Waals surface area contributed by atoms with Crippen molar-refractivity contribution >= 4 is 0 Å². The topological polar surface area (TPSA) is 58.3 Å². The SMILES string of the molecule is CC(C)C[C@H](N)C[C@H](O)[C@H](Cc1ccccc1)NC(Cc1ccccc1)c1ccccc1. The number of aliphatic hydroxyl groups excluding tert-OH is 1. The molecule has 3 aromatic carbocycles. The first-order valence-corrected chi connectivity index (χ1v) is 11.8. The van der Waals surface area contributed by atoms with E-state index in [4.69, 9.17) is 5.73 Å². The summed E-state index contributed by atoms with van der Waals surface area (Å²) in [6, 6.07) is 31.5. The zero-order valence-electron chi connectivity index (χ0n) is 19.4. The minimum Gasteiger partial charge on any atom is -0.391 e. The van der Waals surface area contributed by atoms with Crippen LogP contribution in [-0.4, -0.2) is 23.3 Å². The number of rotatable bonds is 12. The van der Waals surface area contributed by atoms with Crippen LogP contribution < -0.4 is 11.1 Å². The van der Waals surface area contributed by atoms with E-state index in [-0.39, 0.29) is 18.1 Å². The summed E-state index contributed by atoms with van der Waals surface area (Å²) in [5.41, 5.74) is 10.1.